The molecule has 2 rings (SSSR count). The molecule has 0 radical (unpaired) electrons. The lowest BCUT2D eigenvalue weighted by Crippen LogP contribution is -2.14. The van der Waals surface area contributed by atoms with Crippen molar-refractivity contribution < 1.29 is 4.74 Å². The molecule has 0 aliphatic heterocycles. The van der Waals surface area contributed by atoms with E-state index in [0.29, 0.717) is 12.5 Å². The maximum atomic E-state index is 5.84. The van der Waals surface area contributed by atoms with Crippen molar-refractivity contribution in [1.82, 2.24) is 9.88 Å². The summed E-state index contributed by atoms with van der Waals surface area (Å²) >= 11 is 3.53. The Hall–Kier alpha value is -1.88. The number of ether oxygens (including phenoxy) is 1. The monoisotopic (exact) mass is 389 g/mol. The number of nitrogens with zero attached hydrogens (tertiary/aromatic N) is 3. The SMILES string of the molecule is CCN(C)/C=N/c1cc(Br)c(OCCc2cccc(C)c2)nc1C. The number of benzene rings is 1. The first-order chi connectivity index (χ1) is 11.5. The topological polar surface area (TPSA) is 37.7 Å². The Kier molecular flexibility index (Phi) is 6.79. The number of pyridine rings is 1. The zero-order chi connectivity index (χ0) is 17.5. The van der Waals surface area contributed by atoms with E-state index in [9.17, 15) is 0 Å². The summed E-state index contributed by atoms with van der Waals surface area (Å²) in [6.07, 6.45) is 2.67. The normalized spacial score (nSPS) is 11.0. The first-order valence-electron chi connectivity index (χ1n) is 8.09. The van der Waals surface area contributed by atoms with Gasteiger partial charge < -0.3 is 9.64 Å². The largest absolute Gasteiger partial charge is 0.477 e. The fourth-order valence-electron chi connectivity index (χ4n) is 2.16. The van der Waals surface area contributed by atoms with Crippen LogP contribution in [0.3, 0.4) is 0 Å². The van der Waals surface area contributed by atoms with Crippen LogP contribution in [0.25, 0.3) is 0 Å². The van der Waals surface area contributed by atoms with Crippen LogP contribution in [0.2, 0.25) is 0 Å². The minimum absolute atomic E-state index is 0.593. The molecule has 0 amide bonds. The van der Waals surface area contributed by atoms with Crippen LogP contribution in [0.5, 0.6) is 5.88 Å². The van der Waals surface area contributed by atoms with Crippen molar-refractivity contribution in [3.05, 3.63) is 51.6 Å². The van der Waals surface area contributed by atoms with E-state index in [1.165, 1.54) is 11.1 Å². The Morgan fingerprint density at radius 1 is 1.29 bits per heavy atom. The van der Waals surface area contributed by atoms with Crippen LogP contribution in [0.1, 0.15) is 23.7 Å². The Balaban J connectivity index is 2.01. The summed E-state index contributed by atoms with van der Waals surface area (Å²) in [7, 11) is 1.99. The molecule has 0 spiro atoms. The second kappa shape index (κ2) is 8.83. The predicted molar refractivity (Wildman–Crippen MR) is 104 cm³/mol. The van der Waals surface area contributed by atoms with Crippen LogP contribution in [-0.4, -0.2) is 36.4 Å². The molecule has 4 nitrogen and oxygen atoms in total. The van der Waals surface area contributed by atoms with Crippen LogP contribution < -0.4 is 4.74 Å². The van der Waals surface area contributed by atoms with Crippen molar-refractivity contribution in [2.24, 2.45) is 4.99 Å². The summed E-state index contributed by atoms with van der Waals surface area (Å²) in [6, 6.07) is 10.4. The molecule has 128 valence electrons. The third kappa shape index (κ3) is 5.34. The summed E-state index contributed by atoms with van der Waals surface area (Å²) in [5.74, 6) is 0.614. The second-order valence-electron chi connectivity index (χ2n) is 5.79. The molecule has 1 aromatic carbocycles. The lowest BCUT2D eigenvalue weighted by Gasteiger charge is -2.11. The van der Waals surface area contributed by atoms with Crippen molar-refractivity contribution in [3.63, 3.8) is 0 Å². The molecule has 0 saturated carbocycles. The highest BCUT2D eigenvalue weighted by molar-refractivity contribution is 9.10. The molecular weight excluding hydrogens is 366 g/mol. The number of hydrogen-bond donors (Lipinski definition) is 0. The number of hydrogen-bond acceptors (Lipinski definition) is 3. The highest BCUT2D eigenvalue weighted by Crippen LogP contribution is 2.29. The lowest BCUT2D eigenvalue weighted by molar-refractivity contribution is 0.307. The third-order valence-corrected chi connectivity index (χ3v) is 4.28. The number of halogens is 1. The molecule has 0 bridgehead atoms. The number of aromatic nitrogens is 1. The zero-order valence-corrected chi connectivity index (χ0v) is 16.3. The summed E-state index contributed by atoms with van der Waals surface area (Å²) in [5, 5.41) is 0. The fourth-order valence-corrected chi connectivity index (χ4v) is 2.58. The molecule has 0 atom stereocenters. The van der Waals surface area contributed by atoms with Gasteiger partial charge in [-0.3, -0.25) is 0 Å². The maximum Gasteiger partial charge on any atom is 0.228 e. The molecule has 0 N–H and O–H groups in total. The van der Waals surface area contributed by atoms with Crippen molar-refractivity contribution in [3.8, 4) is 5.88 Å². The van der Waals surface area contributed by atoms with Gasteiger partial charge in [0.15, 0.2) is 0 Å². The Morgan fingerprint density at radius 2 is 2.08 bits per heavy atom. The minimum atomic E-state index is 0.593. The quantitative estimate of drug-likeness (QED) is 0.508. The molecule has 0 aliphatic rings. The minimum Gasteiger partial charge on any atom is -0.477 e. The standard InChI is InChI=1S/C19H24BrN3O/c1-5-23(4)13-21-18-12-17(20)19(22-15(18)3)24-10-9-16-8-6-7-14(2)11-16/h6-8,11-13H,5,9-10H2,1-4H3/b21-13+. The molecule has 1 aromatic heterocycles. The zero-order valence-electron chi connectivity index (χ0n) is 14.7. The van der Waals surface area contributed by atoms with Gasteiger partial charge in [-0.2, -0.15) is 0 Å². The summed E-state index contributed by atoms with van der Waals surface area (Å²) in [6.45, 7) is 7.63. The van der Waals surface area contributed by atoms with Crippen LogP contribution in [0, 0.1) is 13.8 Å². The summed E-state index contributed by atoms with van der Waals surface area (Å²) in [5.41, 5.74) is 4.23. The molecule has 5 heteroatoms. The van der Waals surface area contributed by atoms with Gasteiger partial charge in [0.05, 0.1) is 28.8 Å². The van der Waals surface area contributed by atoms with Gasteiger partial charge >= 0.3 is 0 Å². The average molecular weight is 390 g/mol. The number of aryl methyl sites for hydroxylation is 2. The first kappa shape index (κ1) is 18.5. The van der Waals surface area contributed by atoms with E-state index in [-0.39, 0.29) is 0 Å². The smallest absolute Gasteiger partial charge is 0.228 e. The van der Waals surface area contributed by atoms with E-state index >= 15 is 0 Å². The Bertz CT molecular complexity index is 716. The lowest BCUT2D eigenvalue weighted by atomic mass is 10.1. The van der Waals surface area contributed by atoms with Crippen LogP contribution in [-0.2, 0) is 6.42 Å². The van der Waals surface area contributed by atoms with Crippen LogP contribution in [0.15, 0.2) is 39.8 Å². The van der Waals surface area contributed by atoms with Gasteiger partial charge in [0.1, 0.15) is 0 Å². The van der Waals surface area contributed by atoms with E-state index in [4.69, 9.17) is 4.74 Å². The first-order valence-corrected chi connectivity index (χ1v) is 8.88. The van der Waals surface area contributed by atoms with Gasteiger partial charge in [0.25, 0.3) is 0 Å². The second-order valence-corrected chi connectivity index (χ2v) is 6.64. The average Bonchev–Trinajstić information content (AvgIpc) is 2.56. The molecule has 24 heavy (non-hydrogen) atoms. The predicted octanol–water partition coefficient (Wildman–Crippen LogP) is 4.69. The van der Waals surface area contributed by atoms with Crippen molar-refractivity contribution in [1.29, 1.82) is 0 Å². The molecule has 0 saturated heterocycles. The van der Waals surface area contributed by atoms with Crippen molar-refractivity contribution in [2.45, 2.75) is 27.2 Å². The fraction of sp³-hybridized carbons (Fsp3) is 0.368. The summed E-state index contributed by atoms with van der Waals surface area (Å²) < 4.78 is 6.67. The highest BCUT2D eigenvalue weighted by Gasteiger charge is 2.08. The molecule has 0 fully saturated rings. The van der Waals surface area contributed by atoms with E-state index < -0.39 is 0 Å². The van der Waals surface area contributed by atoms with Crippen LogP contribution in [0.4, 0.5) is 5.69 Å². The van der Waals surface area contributed by atoms with Crippen molar-refractivity contribution in [2.75, 3.05) is 20.2 Å². The van der Waals surface area contributed by atoms with Gasteiger partial charge in [0.2, 0.25) is 5.88 Å². The van der Waals surface area contributed by atoms with E-state index in [0.717, 1.165) is 28.8 Å². The highest BCUT2D eigenvalue weighted by atomic mass is 79.9. The number of aliphatic imine (C=N–C) groups is 1. The van der Waals surface area contributed by atoms with Crippen molar-refractivity contribution >= 4 is 28.0 Å². The van der Waals surface area contributed by atoms with Gasteiger partial charge in [-0.15, -0.1) is 0 Å². The maximum absolute atomic E-state index is 5.84. The molecule has 0 unspecified atom stereocenters. The molecule has 2 aromatic rings. The van der Waals surface area contributed by atoms with Gasteiger partial charge in [0, 0.05) is 20.0 Å². The molecule has 0 aliphatic carbocycles. The third-order valence-electron chi connectivity index (χ3n) is 3.71. The van der Waals surface area contributed by atoms with E-state index in [1.54, 1.807) is 0 Å². The number of rotatable bonds is 7. The van der Waals surface area contributed by atoms with Crippen LogP contribution >= 0.6 is 15.9 Å². The Morgan fingerprint density at radius 3 is 2.79 bits per heavy atom. The Labute approximate surface area is 152 Å². The summed E-state index contributed by atoms with van der Waals surface area (Å²) in [4.78, 5) is 11.0. The van der Waals surface area contributed by atoms with E-state index in [1.807, 2.05) is 31.3 Å². The van der Waals surface area contributed by atoms with Gasteiger partial charge in [-0.25, -0.2) is 9.98 Å². The van der Waals surface area contributed by atoms with Gasteiger partial charge in [-0.05, 0) is 48.3 Å². The van der Waals surface area contributed by atoms with Gasteiger partial charge in [-0.1, -0.05) is 29.8 Å². The van der Waals surface area contributed by atoms with E-state index in [2.05, 4.69) is 64.0 Å². The molecular formula is C19H24BrN3O. The molecule has 1 heterocycles.